The number of hydrogen-bond donors (Lipinski definition) is 1. The van der Waals surface area contributed by atoms with E-state index in [-0.39, 0.29) is 0 Å². The van der Waals surface area contributed by atoms with Crippen LogP contribution in [0.1, 0.15) is 11.1 Å². The number of rotatable bonds is 4. The van der Waals surface area contributed by atoms with Gasteiger partial charge in [0.15, 0.2) is 0 Å². The Morgan fingerprint density at radius 3 is 2.57 bits per heavy atom. The molecule has 0 atom stereocenters. The van der Waals surface area contributed by atoms with Gasteiger partial charge in [0, 0.05) is 18.0 Å². The molecule has 106 valence electrons. The monoisotopic (exact) mass is 278 g/mol. The van der Waals surface area contributed by atoms with E-state index in [0.29, 0.717) is 5.88 Å². The van der Waals surface area contributed by atoms with Gasteiger partial charge in [-0.15, -0.1) is 0 Å². The number of hydrogen-bond acceptors (Lipinski definition) is 3. The van der Waals surface area contributed by atoms with Crippen molar-refractivity contribution in [3.05, 3.63) is 65.7 Å². The lowest BCUT2D eigenvalue weighted by Crippen LogP contribution is -2.06. The number of nitrogens with one attached hydrogen (secondary N) is 1. The van der Waals surface area contributed by atoms with Crippen molar-refractivity contribution in [3.8, 4) is 11.6 Å². The van der Waals surface area contributed by atoms with Crippen LogP contribution in [0.4, 0.5) is 0 Å². The minimum Gasteiger partial charge on any atom is -0.439 e. The first-order valence-corrected chi connectivity index (χ1v) is 7.04. The van der Waals surface area contributed by atoms with E-state index in [1.54, 1.807) is 0 Å². The average molecular weight is 278 g/mol. The molecule has 2 aromatic carbocycles. The summed E-state index contributed by atoms with van der Waals surface area (Å²) in [5.74, 6) is 1.43. The van der Waals surface area contributed by atoms with Crippen molar-refractivity contribution in [2.45, 2.75) is 13.5 Å². The molecule has 3 nitrogen and oxygen atoms in total. The summed E-state index contributed by atoms with van der Waals surface area (Å²) in [6.07, 6.45) is 0. The number of benzene rings is 2. The van der Waals surface area contributed by atoms with Crippen molar-refractivity contribution < 1.29 is 4.74 Å². The van der Waals surface area contributed by atoms with Crippen LogP contribution in [-0.2, 0) is 6.54 Å². The third-order valence-electron chi connectivity index (χ3n) is 3.39. The molecule has 0 aliphatic carbocycles. The molecule has 0 saturated heterocycles. The van der Waals surface area contributed by atoms with Crippen LogP contribution in [0.2, 0.25) is 0 Å². The fourth-order valence-corrected chi connectivity index (χ4v) is 2.34. The number of ether oxygens (including phenoxy) is 1. The van der Waals surface area contributed by atoms with Crippen molar-refractivity contribution in [1.29, 1.82) is 0 Å². The van der Waals surface area contributed by atoms with E-state index >= 15 is 0 Å². The molecule has 0 fully saturated rings. The first-order chi connectivity index (χ1) is 10.3. The fourth-order valence-electron chi connectivity index (χ4n) is 2.34. The molecule has 1 aromatic heterocycles. The van der Waals surface area contributed by atoms with Crippen LogP contribution in [0.15, 0.2) is 54.6 Å². The van der Waals surface area contributed by atoms with Crippen LogP contribution < -0.4 is 10.1 Å². The molecule has 0 bridgehead atoms. The summed E-state index contributed by atoms with van der Waals surface area (Å²) in [6.45, 7) is 2.84. The maximum atomic E-state index is 5.89. The van der Waals surface area contributed by atoms with Gasteiger partial charge in [-0.25, -0.2) is 4.98 Å². The quantitative estimate of drug-likeness (QED) is 0.781. The zero-order valence-electron chi connectivity index (χ0n) is 12.3. The van der Waals surface area contributed by atoms with E-state index in [0.717, 1.165) is 23.2 Å². The summed E-state index contributed by atoms with van der Waals surface area (Å²) in [6, 6.07) is 18.1. The molecule has 1 N–H and O–H groups in total. The van der Waals surface area contributed by atoms with Gasteiger partial charge in [0.1, 0.15) is 5.75 Å². The van der Waals surface area contributed by atoms with Crippen molar-refractivity contribution in [3.63, 3.8) is 0 Å². The van der Waals surface area contributed by atoms with E-state index in [2.05, 4.69) is 23.3 Å². The molecule has 1 heterocycles. The van der Waals surface area contributed by atoms with Gasteiger partial charge >= 0.3 is 0 Å². The van der Waals surface area contributed by atoms with Gasteiger partial charge in [-0.05, 0) is 37.7 Å². The smallest absolute Gasteiger partial charge is 0.220 e. The molecule has 21 heavy (non-hydrogen) atoms. The number of fused-ring (bicyclic) bond motifs is 1. The highest BCUT2D eigenvalue weighted by atomic mass is 16.5. The Morgan fingerprint density at radius 2 is 1.81 bits per heavy atom. The molecule has 3 aromatic rings. The van der Waals surface area contributed by atoms with Gasteiger partial charge in [0.05, 0.1) is 5.52 Å². The summed E-state index contributed by atoms with van der Waals surface area (Å²) < 4.78 is 5.89. The lowest BCUT2D eigenvalue weighted by Gasteiger charge is -2.10. The highest BCUT2D eigenvalue weighted by molar-refractivity contribution is 5.82. The van der Waals surface area contributed by atoms with Crippen molar-refractivity contribution >= 4 is 10.9 Å². The van der Waals surface area contributed by atoms with Crippen LogP contribution in [0.5, 0.6) is 11.6 Å². The number of nitrogens with zero attached hydrogens (tertiary/aromatic N) is 1. The molecular formula is C18H18N2O. The van der Waals surface area contributed by atoms with Gasteiger partial charge in [-0.2, -0.15) is 0 Å². The Morgan fingerprint density at radius 1 is 1.05 bits per heavy atom. The molecule has 0 spiro atoms. The summed E-state index contributed by atoms with van der Waals surface area (Å²) in [5.41, 5.74) is 3.35. The lowest BCUT2D eigenvalue weighted by molar-refractivity contribution is 0.464. The summed E-state index contributed by atoms with van der Waals surface area (Å²) in [5, 5.41) is 4.35. The average Bonchev–Trinajstić information content (AvgIpc) is 2.50. The largest absolute Gasteiger partial charge is 0.439 e. The first-order valence-electron chi connectivity index (χ1n) is 7.04. The van der Waals surface area contributed by atoms with E-state index in [4.69, 9.17) is 4.74 Å². The summed E-state index contributed by atoms with van der Waals surface area (Å²) >= 11 is 0. The Balaban J connectivity index is 2.00. The van der Waals surface area contributed by atoms with Crippen molar-refractivity contribution in [1.82, 2.24) is 10.3 Å². The summed E-state index contributed by atoms with van der Waals surface area (Å²) in [7, 11) is 1.94. The predicted octanol–water partition coefficient (Wildman–Crippen LogP) is 4.05. The molecule has 0 aliphatic rings. The number of para-hydroxylation sites is 1. The van der Waals surface area contributed by atoms with Crippen LogP contribution >= 0.6 is 0 Å². The minimum atomic E-state index is 0.628. The van der Waals surface area contributed by atoms with Crippen molar-refractivity contribution in [2.24, 2.45) is 0 Å². The van der Waals surface area contributed by atoms with Crippen LogP contribution in [0.25, 0.3) is 10.9 Å². The second-order valence-corrected chi connectivity index (χ2v) is 5.08. The minimum absolute atomic E-state index is 0.628. The Labute approximate surface area is 124 Å². The normalized spacial score (nSPS) is 10.8. The van der Waals surface area contributed by atoms with E-state index in [9.17, 15) is 0 Å². The molecule has 3 rings (SSSR count). The molecular weight excluding hydrogens is 260 g/mol. The number of pyridine rings is 1. The van der Waals surface area contributed by atoms with Crippen LogP contribution in [0, 0.1) is 6.92 Å². The van der Waals surface area contributed by atoms with Gasteiger partial charge in [-0.1, -0.05) is 35.9 Å². The lowest BCUT2D eigenvalue weighted by atomic mass is 10.1. The standard InChI is InChI=1S/C18H18N2O/c1-13-7-9-15(10-8-13)21-18-11-14(12-19-2)16-5-3-4-6-17(16)20-18/h3-11,19H,12H2,1-2H3. The Hall–Kier alpha value is -2.39. The second kappa shape index (κ2) is 5.94. The highest BCUT2D eigenvalue weighted by Crippen LogP contribution is 2.26. The van der Waals surface area contributed by atoms with Crippen LogP contribution in [0.3, 0.4) is 0 Å². The van der Waals surface area contributed by atoms with Gasteiger partial charge in [-0.3, -0.25) is 0 Å². The van der Waals surface area contributed by atoms with Gasteiger partial charge in [0.25, 0.3) is 0 Å². The molecule has 3 heteroatoms. The fraction of sp³-hybridized carbons (Fsp3) is 0.167. The maximum Gasteiger partial charge on any atom is 0.220 e. The molecule has 0 unspecified atom stereocenters. The number of aromatic nitrogens is 1. The van der Waals surface area contributed by atoms with Gasteiger partial charge < -0.3 is 10.1 Å². The summed E-state index contributed by atoms with van der Waals surface area (Å²) in [4.78, 5) is 4.59. The maximum absolute atomic E-state index is 5.89. The van der Waals surface area contributed by atoms with E-state index in [1.807, 2.05) is 55.6 Å². The molecule has 0 saturated carbocycles. The molecule has 0 aliphatic heterocycles. The topological polar surface area (TPSA) is 34.1 Å². The molecule has 0 amide bonds. The first kappa shape index (κ1) is 13.6. The van der Waals surface area contributed by atoms with Gasteiger partial charge in [0.2, 0.25) is 5.88 Å². The van der Waals surface area contributed by atoms with Crippen molar-refractivity contribution in [2.75, 3.05) is 7.05 Å². The Bertz CT molecular complexity index is 751. The SMILES string of the molecule is CNCc1cc(Oc2ccc(C)cc2)nc2ccccc12. The zero-order chi connectivity index (χ0) is 14.7. The van der Waals surface area contributed by atoms with E-state index < -0.39 is 0 Å². The predicted molar refractivity (Wildman–Crippen MR) is 85.8 cm³/mol. The third-order valence-corrected chi connectivity index (χ3v) is 3.39. The molecule has 0 radical (unpaired) electrons. The third kappa shape index (κ3) is 3.03. The van der Waals surface area contributed by atoms with Crippen LogP contribution in [-0.4, -0.2) is 12.0 Å². The second-order valence-electron chi connectivity index (χ2n) is 5.08. The zero-order valence-corrected chi connectivity index (χ0v) is 12.3. The number of aryl methyl sites for hydroxylation is 1. The Kier molecular flexibility index (Phi) is 3.84. The van der Waals surface area contributed by atoms with E-state index in [1.165, 1.54) is 11.1 Å². The highest BCUT2D eigenvalue weighted by Gasteiger charge is 2.06.